The second-order valence-electron chi connectivity index (χ2n) is 16.2. The number of rotatable bonds is 18. The van der Waals surface area contributed by atoms with Gasteiger partial charge in [-0.25, -0.2) is 0 Å². The van der Waals surface area contributed by atoms with Gasteiger partial charge in [-0.3, -0.25) is 19.2 Å². The van der Waals surface area contributed by atoms with Gasteiger partial charge < -0.3 is 38.8 Å². The molecular formula is C54H53F6N3O9. The number of nitrogens with zero attached hydrogens (tertiary/aromatic N) is 3. The van der Waals surface area contributed by atoms with Crippen LogP contribution in [-0.2, 0) is 44.4 Å². The number of carbonyl (C=O) groups is 4. The molecule has 0 radical (unpaired) electrons. The summed E-state index contributed by atoms with van der Waals surface area (Å²) in [6, 6.07) is 35.9. The normalized spacial score (nSPS) is 12.0. The van der Waals surface area contributed by atoms with E-state index in [-0.39, 0.29) is 25.9 Å². The maximum Gasteiger partial charge on any atom is 0.416 e. The summed E-state index contributed by atoms with van der Waals surface area (Å²) in [6.45, 7) is 0.139. The average Bonchev–Trinajstić information content (AvgIpc) is 3.36. The van der Waals surface area contributed by atoms with Crippen molar-refractivity contribution in [2.24, 2.45) is 0 Å². The van der Waals surface area contributed by atoms with E-state index >= 15 is 0 Å². The highest BCUT2D eigenvalue weighted by atomic mass is 19.4. The molecule has 72 heavy (non-hydrogen) atoms. The zero-order chi connectivity index (χ0) is 52.8. The van der Waals surface area contributed by atoms with Crippen LogP contribution in [0.15, 0.2) is 146 Å². The topological polar surface area (TPSA) is 135 Å². The number of amides is 3. The first-order valence-corrected chi connectivity index (χ1v) is 22.1. The third-order valence-electron chi connectivity index (χ3n) is 11.4. The van der Waals surface area contributed by atoms with Gasteiger partial charge in [-0.2, -0.15) is 26.3 Å². The van der Waals surface area contributed by atoms with E-state index in [9.17, 15) is 50.6 Å². The third kappa shape index (κ3) is 14.1. The number of benzene rings is 6. The van der Waals surface area contributed by atoms with Gasteiger partial charge in [0.1, 0.15) is 5.92 Å². The highest BCUT2D eigenvalue weighted by molar-refractivity contribution is 6.12. The standard InChI is InChI=1S/C28H29F3N2O4.C26H24F3NO5/c1-32(2)26(34)25(20-8-6-5-7-9-20)27(35)33(22-14-15-23(36-3)24(18-22)37-4)17-16-19-10-12-21(13-11-19)28(29,30)31;1-34-21-13-12-20(16-22(21)35-2)30(15-14-17-8-10-19(11-9-17)26(27,28)29)24(31)23(25(32)33)18-6-4-3-5-7-18/h5-15,18,25H,16-17H2,1-4H3;3-13,16,23H,14-15H2,1-2H3,(H,32,33). The Balaban J connectivity index is 0.000000268. The van der Waals surface area contributed by atoms with Gasteiger partial charge in [0.2, 0.25) is 17.7 Å². The third-order valence-corrected chi connectivity index (χ3v) is 11.4. The van der Waals surface area contributed by atoms with E-state index in [1.807, 2.05) is 0 Å². The number of halogens is 6. The van der Waals surface area contributed by atoms with Crippen molar-refractivity contribution in [1.29, 1.82) is 0 Å². The van der Waals surface area contributed by atoms with Gasteiger partial charge in [0, 0.05) is 50.7 Å². The molecule has 6 aromatic rings. The van der Waals surface area contributed by atoms with Crippen LogP contribution in [0.3, 0.4) is 0 Å². The van der Waals surface area contributed by atoms with Crippen molar-refractivity contribution < 1.29 is 69.6 Å². The molecule has 0 fully saturated rings. The fourth-order valence-electron chi connectivity index (χ4n) is 7.56. The van der Waals surface area contributed by atoms with E-state index < -0.39 is 59.0 Å². The van der Waals surface area contributed by atoms with Gasteiger partial charge in [0.05, 0.1) is 39.6 Å². The molecule has 380 valence electrons. The smallest absolute Gasteiger partial charge is 0.416 e. The molecule has 3 amide bonds. The minimum atomic E-state index is -4.45. The van der Waals surface area contributed by atoms with Crippen LogP contribution in [0.25, 0.3) is 0 Å². The highest BCUT2D eigenvalue weighted by Gasteiger charge is 2.36. The second-order valence-corrected chi connectivity index (χ2v) is 16.2. The zero-order valence-electron chi connectivity index (χ0n) is 40.2. The van der Waals surface area contributed by atoms with Gasteiger partial charge in [-0.15, -0.1) is 0 Å². The van der Waals surface area contributed by atoms with E-state index in [1.54, 1.807) is 111 Å². The zero-order valence-corrected chi connectivity index (χ0v) is 40.2. The molecule has 0 aliphatic rings. The number of anilines is 2. The first kappa shape index (κ1) is 54.9. The number of hydrogen-bond acceptors (Lipinski definition) is 8. The van der Waals surface area contributed by atoms with Crippen LogP contribution in [-0.4, -0.2) is 89.3 Å². The number of alkyl halides is 6. The highest BCUT2D eigenvalue weighted by Crippen LogP contribution is 2.36. The number of carboxylic acid groups (broad SMARTS) is 1. The Morgan fingerprint density at radius 1 is 0.472 bits per heavy atom. The van der Waals surface area contributed by atoms with Crippen LogP contribution in [0, 0.1) is 0 Å². The lowest BCUT2D eigenvalue weighted by atomic mass is 9.95. The summed E-state index contributed by atoms with van der Waals surface area (Å²) >= 11 is 0. The Bertz CT molecular complexity index is 2760. The molecule has 2 unspecified atom stereocenters. The monoisotopic (exact) mass is 1000 g/mol. The Labute approximate surface area is 412 Å². The molecule has 12 nitrogen and oxygen atoms in total. The summed E-state index contributed by atoms with van der Waals surface area (Å²) < 4.78 is 98.9. The molecular weight excluding hydrogens is 949 g/mol. The minimum absolute atomic E-state index is 0.0241. The van der Waals surface area contributed by atoms with Crippen molar-refractivity contribution >= 4 is 35.1 Å². The van der Waals surface area contributed by atoms with Crippen molar-refractivity contribution in [2.45, 2.75) is 37.0 Å². The lowest BCUT2D eigenvalue weighted by Gasteiger charge is -2.29. The maximum absolute atomic E-state index is 14.0. The fraction of sp³-hybridized carbons (Fsp3) is 0.259. The molecule has 2 atom stereocenters. The summed E-state index contributed by atoms with van der Waals surface area (Å²) in [4.78, 5) is 57.0. The van der Waals surface area contributed by atoms with E-state index in [4.69, 9.17) is 18.9 Å². The Morgan fingerprint density at radius 2 is 0.819 bits per heavy atom. The number of likely N-dealkylation sites (N-methyl/N-ethyl adjacent to an activating group) is 1. The predicted molar refractivity (Wildman–Crippen MR) is 259 cm³/mol. The van der Waals surface area contributed by atoms with Crippen LogP contribution in [0.4, 0.5) is 37.7 Å². The molecule has 0 aliphatic carbocycles. The Kier molecular flexibility index (Phi) is 18.8. The molecule has 1 N–H and O–H groups in total. The molecule has 0 aliphatic heterocycles. The van der Waals surface area contributed by atoms with E-state index in [0.717, 1.165) is 24.3 Å². The summed E-state index contributed by atoms with van der Waals surface area (Å²) in [5, 5.41) is 9.87. The van der Waals surface area contributed by atoms with E-state index in [2.05, 4.69) is 0 Å². The van der Waals surface area contributed by atoms with Crippen molar-refractivity contribution in [3.8, 4) is 23.0 Å². The van der Waals surface area contributed by atoms with Gasteiger partial charge in [0.25, 0.3) is 0 Å². The first-order chi connectivity index (χ1) is 34.2. The van der Waals surface area contributed by atoms with Crippen LogP contribution < -0.4 is 28.7 Å². The SMILES string of the molecule is COc1ccc(N(CCc2ccc(C(F)(F)F)cc2)C(=O)C(C(=O)N(C)C)c2ccccc2)cc1OC.COc1ccc(N(CCc2ccc(C(F)(F)F)cc2)C(=O)C(C(=O)O)c2ccccc2)cc1OC. The van der Waals surface area contributed by atoms with Crippen LogP contribution in [0.2, 0.25) is 0 Å². The number of carbonyl (C=O) groups excluding carboxylic acids is 3. The van der Waals surface area contributed by atoms with Gasteiger partial charge in [0.15, 0.2) is 28.9 Å². The van der Waals surface area contributed by atoms with Crippen molar-refractivity contribution in [1.82, 2.24) is 4.90 Å². The van der Waals surface area contributed by atoms with Crippen molar-refractivity contribution in [2.75, 3.05) is 65.4 Å². The maximum atomic E-state index is 14.0. The summed E-state index contributed by atoms with van der Waals surface area (Å²) in [5.41, 5.74) is 1.32. The van der Waals surface area contributed by atoms with Crippen molar-refractivity contribution in [3.63, 3.8) is 0 Å². The molecule has 6 rings (SSSR count). The van der Waals surface area contributed by atoms with Crippen molar-refractivity contribution in [3.05, 3.63) is 179 Å². The molecule has 0 saturated carbocycles. The molecule has 0 spiro atoms. The first-order valence-electron chi connectivity index (χ1n) is 22.1. The number of hydrogen-bond donors (Lipinski definition) is 1. The quantitative estimate of drug-likeness (QED) is 0.0660. The van der Waals surface area contributed by atoms with Crippen LogP contribution in [0.5, 0.6) is 23.0 Å². The number of methoxy groups -OCH3 is 4. The number of carboxylic acids is 1. The molecule has 0 bridgehead atoms. The molecule has 0 aromatic heterocycles. The number of ether oxygens (including phenoxy) is 4. The van der Waals surface area contributed by atoms with Crippen LogP contribution >= 0.6 is 0 Å². The summed E-state index contributed by atoms with van der Waals surface area (Å²) in [5.74, 6) is -3.85. The Morgan fingerprint density at radius 3 is 1.14 bits per heavy atom. The fourth-order valence-corrected chi connectivity index (χ4v) is 7.56. The lowest BCUT2D eigenvalue weighted by molar-refractivity contribution is -0.143. The molecule has 0 heterocycles. The largest absolute Gasteiger partial charge is 0.493 e. The van der Waals surface area contributed by atoms with Crippen LogP contribution in [0.1, 0.15) is 45.2 Å². The van der Waals surface area contributed by atoms with Gasteiger partial charge in [-0.1, -0.05) is 84.9 Å². The minimum Gasteiger partial charge on any atom is -0.493 e. The van der Waals surface area contributed by atoms with Gasteiger partial charge >= 0.3 is 18.3 Å². The summed E-state index contributed by atoms with van der Waals surface area (Å²) in [6.07, 6.45) is -8.44. The van der Waals surface area contributed by atoms with E-state index in [1.165, 1.54) is 67.4 Å². The molecule has 18 heteroatoms. The second kappa shape index (κ2) is 24.7. The average molecular weight is 1000 g/mol. The number of aliphatic carboxylic acids is 1. The molecule has 6 aromatic carbocycles. The van der Waals surface area contributed by atoms with Gasteiger partial charge in [-0.05, 0) is 83.6 Å². The molecule has 0 saturated heterocycles. The summed E-state index contributed by atoms with van der Waals surface area (Å²) in [7, 11) is 9.01. The lowest BCUT2D eigenvalue weighted by Crippen LogP contribution is -2.43. The predicted octanol–water partition coefficient (Wildman–Crippen LogP) is 10.3. The Hall–Kier alpha value is -8.02. The van der Waals surface area contributed by atoms with E-state index in [0.29, 0.717) is 56.6 Å².